The molecule has 150 valence electrons. The van der Waals surface area contributed by atoms with Crippen molar-refractivity contribution < 1.29 is 23.8 Å². The molecule has 1 aromatic rings. The highest BCUT2D eigenvalue weighted by atomic mass is 19.1. The van der Waals surface area contributed by atoms with E-state index in [2.05, 4.69) is 10.6 Å². The zero-order chi connectivity index (χ0) is 19.8. The summed E-state index contributed by atoms with van der Waals surface area (Å²) < 4.78 is 19.3. The van der Waals surface area contributed by atoms with Crippen LogP contribution in [0.2, 0.25) is 0 Å². The minimum absolute atomic E-state index is 0.0195. The molecule has 0 spiro atoms. The van der Waals surface area contributed by atoms with Crippen LogP contribution < -0.4 is 15.4 Å². The van der Waals surface area contributed by atoms with Crippen molar-refractivity contribution in [3.8, 4) is 5.75 Å². The first-order valence-electron chi connectivity index (χ1n) is 9.34. The number of benzene rings is 1. The van der Waals surface area contributed by atoms with Gasteiger partial charge < -0.3 is 20.5 Å². The standard InChI is InChI=1S/C19H28FN3O4/c1-3-15(27-17-8-6-5-7-16(17)20)11-21-19(26)22-13-9-14(10-13)23(4-2)12-18(24)25/h5-8,13-15H,3-4,9-12H2,1-2H3,(H,24,25)(H2,21,22,26). The number of urea groups is 1. The van der Waals surface area contributed by atoms with Crippen LogP contribution in [0.3, 0.4) is 0 Å². The number of aliphatic carboxylic acids is 1. The van der Waals surface area contributed by atoms with Crippen molar-refractivity contribution in [3.05, 3.63) is 30.1 Å². The SMILES string of the molecule is CCC(CNC(=O)NC1CC(N(CC)CC(=O)O)C1)Oc1ccccc1F. The predicted molar refractivity (Wildman–Crippen MR) is 99.3 cm³/mol. The van der Waals surface area contributed by atoms with Gasteiger partial charge in [-0.25, -0.2) is 9.18 Å². The van der Waals surface area contributed by atoms with Gasteiger partial charge in [-0.15, -0.1) is 0 Å². The third-order valence-corrected chi connectivity index (χ3v) is 4.79. The molecule has 1 fully saturated rings. The lowest BCUT2D eigenvalue weighted by molar-refractivity contribution is -0.139. The molecule has 0 aliphatic heterocycles. The molecule has 1 aliphatic carbocycles. The summed E-state index contributed by atoms with van der Waals surface area (Å²) in [6.45, 7) is 4.79. The van der Waals surface area contributed by atoms with Gasteiger partial charge in [0.2, 0.25) is 0 Å². The fourth-order valence-electron chi connectivity index (χ4n) is 3.11. The number of carboxylic acids is 1. The molecule has 1 aliphatic rings. The Kier molecular flexibility index (Phi) is 7.84. The number of carbonyl (C=O) groups is 2. The van der Waals surface area contributed by atoms with Crippen LogP contribution in [0.5, 0.6) is 5.75 Å². The summed E-state index contributed by atoms with van der Waals surface area (Å²) in [6, 6.07) is 6.10. The summed E-state index contributed by atoms with van der Waals surface area (Å²) in [7, 11) is 0. The summed E-state index contributed by atoms with van der Waals surface area (Å²) in [4.78, 5) is 24.8. The average Bonchev–Trinajstić information content (AvgIpc) is 2.61. The van der Waals surface area contributed by atoms with Gasteiger partial charge in [0.1, 0.15) is 6.10 Å². The molecule has 7 nitrogen and oxygen atoms in total. The van der Waals surface area contributed by atoms with E-state index in [0.29, 0.717) is 13.0 Å². The summed E-state index contributed by atoms with van der Waals surface area (Å²) in [5, 5.41) is 14.5. The first-order valence-corrected chi connectivity index (χ1v) is 9.34. The number of carbonyl (C=O) groups excluding carboxylic acids is 1. The lowest BCUT2D eigenvalue weighted by Gasteiger charge is -2.42. The van der Waals surface area contributed by atoms with E-state index in [1.54, 1.807) is 18.2 Å². The fraction of sp³-hybridized carbons (Fsp3) is 0.579. The number of amides is 2. The Bertz CT molecular complexity index is 637. The molecule has 2 rings (SSSR count). The first-order chi connectivity index (χ1) is 12.9. The van der Waals surface area contributed by atoms with Gasteiger partial charge in [-0.1, -0.05) is 26.0 Å². The molecule has 0 radical (unpaired) electrons. The number of hydrogen-bond acceptors (Lipinski definition) is 4. The zero-order valence-electron chi connectivity index (χ0n) is 15.8. The number of nitrogens with zero attached hydrogens (tertiary/aromatic N) is 1. The van der Waals surface area contributed by atoms with Crippen LogP contribution in [-0.2, 0) is 4.79 Å². The Morgan fingerprint density at radius 3 is 2.63 bits per heavy atom. The maximum atomic E-state index is 13.7. The molecule has 3 N–H and O–H groups in total. The van der Waals surface area contributed by atoms with Crippen molar-refractivity contribution in [2.24, 2.45) is 0 Å². The Labute approximate surface area is 158 Å². The van der Waals surface area contributed by atoms with Crippen LogP contribution >= 0.6 is 0 Å². The van der Waals surface area contributed by atoms with Crippen LogP contribution in [0.1, 0.15) is 33.1 Å². The highest BCUT2D eigenvalue weighted by Crippen LogP contribution is 2.25. The molecule has 1 saturated carbocycles. The molecule has 1 aromatic carbocycles. The zero-order valence-corrected chi connectivity index (χ0v) is 15.8. The first kappa shape index (κ1) is 21.0. The van der Waals surface area contributed by atoms with Crippen molar-refractivity contribution >= 4 is 12.0 Å². The predicted octanol–water partition coefficient (Wildman–Crippen LogP) is 2.22. The molecule has 1 atom stereocenters. The maximum absolute atomic E-state index is 13.7. The Hall–Kier alpha value is -2.35. The molecule has 0 heterocycles. The second-order valence-corrected chi connectivity index (χ2v) is 6.71. The number of carboxylic acid groups (broad SMARTS) is 1. The van der Waals surface area contributed by atoms with E-state index >= 15 is 0 Å². The van der Waals surface area contributed by atoms with Crippen molar-refractivity contribution in [3.63, 3.8) is 0 Å². The number of halogens is 1. The van der Waals surface area contributed by atoms with E-state index in [1.165, 1.54) is 6.07 Å². The van der Waals surface area contributed by atoms with E-state index < -0.39 is 11.8 Å². The number of para-hydroxylation sites is 1. The average molecular weight is 381 g/mol. The highest BCUT2D eigenvalue weighted by molar-refractivity contribution is 5.74. The fourth-order valence-corrected chi connectivity index (χ4v) is 3.11. The lowest BCUT2D eigenvalue weighted by Crippen LogP contribution is -2.56. The summed E-state index contributed by atoms with van der Waals surface area (Å²) in [6.07, 6.45) is 1.77. The molecule has 27 heavy (non-hydrogen) atoms. The minimum Gasteiger partial charge on any atom is -0.486 e. The second-order valence-electron chi connectivity index (χ2n) is 6.71. The van der Waals surface area contributed by atoms with Crippen LogP contribution in [0.15, 0.2) is 24.3 Å². The van der Waals surface area contributed by atoms with Gasteiger partial charge in [0.25, 0.3) is 0 Å². The van der Waals surface area contributed by atoms with E-state index in [9.17, 15) is 14.0 Å². The van der Waals surface area contributed by atoms with Gasteiger partial charge in [-0.3, -0.25) is 9.69 Å². The third-order valence-electron chi connectivity index (χ3n) is 4.79. The number of likely N-dealkylation sites (N-methyl/N-ethyl adjacent to an activating group) is 1. The molecule has 0 aromatic heterocycles. The van der Waals surface area contributed by atoms with Gasteiger partial charge in [0.05, 0.1) is 13.1 Å². The second kappa shape index (κ2) is 10.1. The molecule has 0 saturated heterocycles. The normalized spacial score (nSPS) is 19.9. The topological polar surface area (TPSA) is 90.9 Å². The maximum Gasteiger partial charge on any atom is 0.317 e. The molecule has 2 amide bonds. The van der Waals surface area contributed by atoms with Crippen molar-refractivity contribution in [2.45, 2.75) is 51.3 Å². The minimum atomic E-state index is -0.841. The van der Waals surface area contributed by atoms with E-state index in [-0.39, 0.29) is 43.1 Å². The molecular weight excluding hydrogens is 353 g/mol. The Morgan fingerprint density at radius 1 is 1.33 bits per heavy atom. The third kappa shape index (κ3) is 6.39. The van der Waals surface area contributed by atoms with Gasteiger partial charge in [0.15, 0.2) is 11.6 Å². The summed E-state index contributed by atoms with van der Waals surface area (Å²) in [5.74, 6) is -1.10. The van der Waals surface area contributed by atoms with Crippen LogP contribution in [0, 0.1) is 5.82 Å². The quantitative estimate of drug-likeness (QED) is 0.578. The van der Waals surface area contributed by atoms with Crippen molar-refractivity contribution in [1.82, 2.24) is 15.5 Å². The van der Waals surface area contributed by atoms with Crippen LogP contribution in [0.4, 0.5) is 9.18 Å². The van der Waals surface area contributed by atoms with E-state index in [1.807, 2.05) is 18.7 Å². The van der Waals surface area contributed by atoms with Crippen LogP contribution in [0.25, 0.3) is 0 Å². The monoisotopic (exact) mass is 381 g/mol. The highest BCUT2D eigenvalue weighted by Gasteiger charge is 2.34. The summed E-state index contributed by atoms with van der Waals surface area (Å²) in [5.41, 5.74) is 0. The number of nitrogens with one attached hydrogen (secondary N) is 2. The van der Waals surface area contributed by atoms with E-state index in [0.717, 1.165) is 12.8 Å². The van der Waals surface area contributed by atoms with Gasteiger partial charge >= 0.3 is 12.0 Å². The molecule has 1 unspecified atom stereocenters. The van der Waals surface area contributed by atoms with Gasteiger partial charge in [-0.2, -0.15) is 0 Å². The Balaban J connectivity index is 1.70. The molecule has 8 heteroatoms. The molecular formula is C19H28FN3O4. The largest absolute Gasteiger partial charge is 0.486 e. The van der Waals surface area contributed by atoms with E-state index in [4.69, 9.17) is 9.84 Å². The smallest absolute Gasteiger partial charge is 0.317 e. The number of ether oxygens (including phenoxy) is 1. The summed E-state index contributed by atoms with van der Waals surface area (Å²) >= 11 is 0. The molecule has 0 bridgehead atoms. The number of hydrogen-bond donors (Lipinski definition) is 3. The number of rotatable bonds is 10. The lowest BCUT2D eigenvalue weighted by atomic mass is 9.85. The van der Waals surface area contributed by atoms with Crippen molar-refractivity contribution in [1.29, 1.82) is 0 Å². The van der Waals surface area contributed by atoms with Crippen molar-refractivity contribution in [2.75, 3.05) is 19.6 Å². The van der Waals surface area contributed by atoms with Crippen LogP contribution in [-0.4, -0.2) is 59.8 Å². The van der Waals surface area contributed by atoms with Gasteiger partial charge in [0, 0.05) is 12.1 Å². The Morgan fingerprint density at radius 2 is 2.04 bits per heavy atom. The van der Waals surface area contributed by atoms with Gasteiger partial charge in [-0.05, 0) is 37.9 Å².